The molecule has 2 aliphatic heterocycles. The second kappa shape index (κ2) is 2.70. The Labute approximate surface area is 80.4 Å². The van der Waals surface area contributed by atoms with Crippen molar-refractivity contribution in [1.29, 1.82) is 0 Å². The van der Waals surface area contributed by atoms with Gasteiger partial charge in [-0.2, -0.15) is 0 Å². The molecule has 0 bridgehead atoms. The van der Waals surface area contributed by atoms with Gasteiger partial charge in [0.15, 0.2) is 0 Å². The van der Waals surface area contributed by atoms with Gasteiger partial charge in [-0.1, -0.05) is 0 Å². The molecule has 1 saturated carbocycles. The van der Waals surface area contributed by atoms with Crippen molar-refractivity contribution < 1.29 is 0 Å². The number of allylic oxidation sites excluding steroid dienone is 2. The third-order valence-corrected chi connectivity index (χ3v) is 24.8. The van der Waals surface area contributed by atoms with Gasteiger partial charge in [-0.15, -0.1) is 0 Å². The Morgan fingerprint density at radius 2 is 1.73 bits per heavy atom. The number of hydrogen-bond donors (Lipinski definition) is 0. The molecule has 3 rings (SSSR count). The van der Waals surface area contributed by atoms with E-state index in [1.807, 2.05) is 4.42 Å². The molecule has 3 heteroatoms. The number of hydrogen-bond acceptors (Lipinski definition) is 0. The summed E-state index contributed by atoms with van der Waals surface area (Å²) in [5, 5.41) is 0. The van der Waals surface area contributed by atoms with Crippen LogP contribution in [0.3, 0.4) is 0 Å². The molecular weight excluding hydrogens is 333 g/mol. The fourth-order valence-electron chi connectivity index (χ4n) is 1.66. The van der Waals surface area contributed by atoms with Crippen LogP contribution in [0.15, 0.2) is 21.1 Å². The summed E-state index contributed by atoms with van der Waals surface area (Å²) in [7, 11) is -0.138. The summed E-state index contributed by atoms with van der Waals surface area (Å²) >= 11 is 1.93. The van der Waals surface area contributed by atoms with Crippen molar-refractivity contribution in [3.05, 3.63) is 21.1 Å². The van der Waals surface area contributed by atoms with Crippen molar-refractivity contribution in [3.63, 3.8) is 0 Å². The molecule has 0 N–H and O–H groups in total. The third-order valence-electron chi connectivity index (χ3n) is 2.20. The quantitative estimate of drug-likeness (QED) is 0.567. The Kier molecular flexibility index (Phi) is 1.80. The minimum absolute atomic E-state index is 0.138. The van der Waals surface area contributed by atoms with Crippen LogP contribution in [0, 0.1) is 0 Å². The zero-order valence-corrected chi connectivity index (χ0v) is 11.1. The van der Waals surface area contributed by atoms with Crippen LogP contribution in [0.2, 0.25) is 0 Å². The average molecular weight is 341 g/mol. The van der Waals surface area contributed by atoms with Gasteiger partial charge < -0.3 is 0 Å². The molecule has 0 unspecified atom stereocenters. The summed E-state index contributed by atoms with van der Waals surface area (Å²) in [5.74, 6) is 0. The van der Waals surface area contributed by atoms with Gasteiger partial charge in [-0.25, -0.2) is 0 Å². The summed E-state index contributed by atoms with van der Waals surface area (Å²) in [5.41, 5.74) is 3.60. The standard InChI is InChI=1S/C8H8Se3/c1-2-6-4-9-11-8(6)7(3-1)5-10-11/h4-5H,1-3H2. The van der Waals surface area contributed by atoms with Gasteiger partial charge in [0, 0.05) is 0 Å². The molecule has 0 radical (unpaired) electrons. The first-order valence-corrected chi connectivity index (χ1v) is 15.3. The molecular formula is C8H8Se3. The van der Waals surface area contributed by atoms with Crippen molar-refractivity contribution in [2.24, 2.45) is 0 Å². The normalized spacial score (nSPS) is 28.5. The predicted molar refractivity (Wildman–Crippen MR) is 52.3 cm³/mol. The molecule has 0 aromatic rings. The van der Waals surface area contributed by atoms with E-state index in [9.17, 15) is 0 Å². The Bertz CT molecular complexity index is 281. The molecule has 1 aliphatic carbocycles. The fraction of sp³-hybridized carbons (Fsp3) is 0.375. The first kappa shape index (κ1) is 7.33. The molecule has 1 fully saturated rings. The van der Waals surface area contributed by atoms with E-state index in [2.05, 4.69) is 9.95 Å². The van der Waals surface area contributed by atoms with Crippen molar-refractivity contribution in [1.82, 2.24) is 0 Å². The molecule has 0 saturated heterocycles. The second-order valence-corrected chi connectivity index (χ2v) is 23.6. The fourth-order valence-corrected chi connectivity index (χ4v) is 25.1. The molecule has 11 heavy (non-hydrogen) atoms. The molecule has 0 spiro atoms. The topological polar surface area (TPSA) is 0 Å². The van der Waals surface area contributed by atoms with Gasteiger partial charge in [-0.3, -0.25) is 0 Å². The van der Waals surface area contributed by atoms with Crippen LogP contribution in [0.1, 0.15) is 19.3 Å². The van der Waals surface area contributed by atoms with Crippen LogP contribution < -0.4 is 0 Å². The summed E-state index contributed by atoms with van der Waals surface area (Å²) in [6.07, 6.45) is 4.28. The van der Waals surface area contributed by atoms with Crippen molar-refractivity contribution >= 4 is 40.5 Å². The molecule has 58 valence electrons. The molecule has 0 aromatic heterocycles. The van der Waals surface area contributed by atoms with Gasteiger partial charge in [0.2, 0.25) is 0 Å². The van der Waals surface area contributed by atoms with E-state index in [-0.39, 0.29) is 9.81 Å². The zero-order valence-electron chi connectivity index (χ0n) is 6.00. The van der Waals surface area contributed by atoms with E-state index in [0.29, 0.717) is 0 Å². The maximum absolute atomic E-state index is 2.61. The van der Waals surface area contributed by atoms with E-state index in [4.69, 9.17) is 0 Å². The third kappa shape index (κ3) is 1.04. The van der Waals surface area contributed by atoms with Crippen molar-refractivity contribution in [2.75, 3.05) is 0 Å². The Balaban J connectivity index is 2.16. The van der Waals surface area contributed by atoms with Gasteiger partial charge >= 0.3 is 80.9 Å². The predicted octanol–water partition coefficient (Wildman–Crippen LogP) is 0.616. The molecule has 0 aromatic carbocycles. The van der Waals surface area contributed by atoms with E-state index < -0.39 is 0 Å². The first-order valence-electron chi connectivity index (χ1n) is 3.79. The van der Waals surface area contributed by atoms with E-state index >= 15 is 0 Å². The first-order chi connectivity index (χ1) is 5.45. The van der Waals surface area contributed by atoms with E-state index in [0.717, 1.165) is 26.3 Å². The van der Waals surface area contributed by atoms with Crippen molar-refractivity contribution in [3.8, 4) is 0 Å². The molecule has 0 nitrogen and oxygen atoms in total. The van der Waals surface area contributed by atoms with Crippen LogP contribution in [-0.4, -0.2) is 40.5 Å². The van der Waals surface area contributed by atoms with Gasteiger partial charge in [0.1, 0.15) is 0 Å². The summed E-state index contributed by atoms with van der Waals surface area (Å²) in [6, 6.07) is 0. The van der Waals surface area contributed by atoms with Crippen LogP contribution in [0.4, 0.5) is 0 Å². The van der Waals surface area contributed by atoms with Crippen LogP contribution in [0.5, 0.6) is 0 Å². The molecule has 0 amide bonds. The average Bonchev–Trinajstić information content (AvgIpc) is 2.60. The Hall–Kier alpha value is 0.908. The summed E-state index contributed by atoms with van der Waals surface area (Å²) in [4.78, 5) is 5.22. The summed E-state index contributed by atoms with van der Waals surface area (Å²) in [6.45, 7) is 0. The van der Waals surface area contributed by atoms with E-state index in [1.165, 1.54) is 19.3 Å². The summed E-state index contributed by atoms with van der Waals surface area (Å²) < 4.78 is 1.94. The Morgan fingerprint density at radius 3 is 2.36 bits per heavy atom. The number of rotatable bonds is 0. The van der Waals surface area contributed by atoms with E-state index in [1.54, 1.807) is 11.1 Å². The molecule has 3 aliphatic rings. The van der Waals surface area contributed by atoms with Crippen LogP contribution >= 0.6 is 0 Å². The zero-order chi connectivity index (χ0) is 7.26. The van der Waals surface area contributed by atoms with Gasteiger partial charge in [-0.05, 0) is 0 Å². The SMILES string of the molecule is C1=C2CCCC3=C[Se][Se](=C23)[Se]1. The molecule has 0 atom stereocenters. The minimum atomic E-state index is -0.138. The van der Waals surface area contributed by atoms with Gasteiger partial charge in [0.05, 0.1) is 0 Å². The molecule has 2 heterocycles. The second-order valence-electron chi connectivity index (χ2n) is 2.90. The monoisotopic (exact) mass is 344 g/mol. The van der Waals surface area contributed by atoms with Gasteiger partial charge in [0.25, 0.3) is 0 Å². The van der Waals surface area contributed by atoms with Crippen LogP contribution in [-0.2, 0) is 0 Å². The Morgan fingerprint density at radius 1 is 1.09 bits per heavy atom. The van der Waals surface area contributed by atoms with Crippen LogP contribution in [0.25, 0.3) is 0 Å². The maximum atomic E-state index is 2.61. The van der Waals surface area contributed by atoms with Crippen molar-refractivity contribution in [2.45, 2.75) is 19.3 Å².